The number of hydrogen-bond acceptors (Lipinski definition) is 0. The molecular weight excluding hydrogens is 250 g/mol. The Morgan fingerprint density at radius 2 is 1.57 bits per heavy atom. The van der Waals surface area contributed by atoms with Crippen LogP contribution >= 0.6 is 15.9 Å². The Bertz CT molecular complexity index is 480. The molecule has 0 N–H and O–H groups in total. The molecule has 72 valence electrons. The molecule has 0 saturated heterocycles. The van der Waals surface area contributed by atoms with Gasteiger partial charge in [-0.15, -0.1) is 0 Å². The van der Waals surface area contributed by atoms with Crippen LogP contribution in [0.25, 0.3) is 10.8 Å². The lowest BCUT2D eigenvalue weighted by Crippen LogP contribution is -1.85. The third-order valence-electron chi connectivity index (χ3n) is 2.10. The van der Waals surface area contributed by atoms with Gasteiger partial charge in [0.1, 0.15) is 0 Å². The lowest BCUT2D eigenvalue weighted by molar-refractivity contribution is 0.511. The summed E-state index contributed by atoms with van der Waals surface area (Å²) in [4.78, 5) is 0. The zero-order valence-corrected chi connectivity index (χ0v) is 8.81. The van der Waals surface area contributed by atoms with E-state index in [4.69, 9.17) is 0 Å². The Morgan fingerprint density at radius 3 is 2.21 bits per heavy atom. The lowest BCUT2D eigenvalue weighted by atomic mass is 10.1. The molecule has 0 heterocycles. The van der Waals surface area contributed by atoms with E-state index in [-0.39, 0.29) is 0 Å². The van der Waals surface area contributed by atoms with Crippen LogP contribution < -0.4 is 0 Å². The van der Waals surface area contributed by atoms with Crippen LogP contribution in [0.15, 0.2) is 30.3 Å². The molecule has 2 rings (SSSR count). The smallest absolute Gasteiger partial charge is 0.159 e. The largest absolute Gasteiger partial charge is 0.204 e. The first kappa shape index (κ1) is 9.59. The zero-order chi connectivity index (χ0) is 10.1. The summed E-state index contributed by atoms with van der Waals surface area (Å²) in [6.07, 6.45) is 0. The molecule has 0 aromatic heterocycles. The van der Waals surface area contributed by atoms with Gasteiger partial charge in [-0.2, -0.15) is 0 Å². The van der Waals surface area contributed by atoms with E-state index in [2.05, 4.69) is 15.9 Å². The van der Waals surface area contributed by atoms with E-state index >= 15 is 0 Å². The Labute approximate surface area is 88.7 Å². The lowest BCUT2D eigenvalue weighted by Gasteiger charge is -2.01. The summed E-state index contributed by atoms with van der Waals surface area (Å²) in [5, 5.41) is 2.15. The van der Waals surface area contributed by atoms with Crippen molar-refractivity contribution in [1.82, 2.24) is 0 Å². The molecular formula is C11H7BrF2. The molecule has 0 radical (unpaired) electrons. The van der Waals surface area contributed by atoms with Gasteiger partial charge in [-0.25, -0.2) is 8.78 Å². The van der Waals surface area contributed by atoms with E-state index in [0.29, 0.717) is 10.7 Å². The van der Waals surface area contributed by atoms with Crippen LogP contribution in [0.1, 0.15) is 5.56 Å². The SMILES string of the molecule is Fc1cc2ccc(CBr)cc2cc1F. The Balaban J connectivity index is 2.70. The van der Waals surface area contributed by atoms with Crippen molar-refractivity contribution >= 4 is 26.7 Å². The molecule has 0 saturated carbocycles. The molecule has 0 aliphatic rings. The van der Waals surface area contributed by atoms with Crippen LogP contribution in [0.3, 0.4) is 0 Å². The highest BCUT2D eigenvalue weighted by Crippen LogP contribution is 2.20. The molecule has 0 bridgehead atoms. The van der Waals surface area contributed by atoms with E-state index in [1.165, 1.54) is 12.1 Å². The van der Waals surface area contributed by atoms with Crippen molar-refractivity contribution in [2.75, 3.05) is 0 Å². The number of halogens is 3. The first-order valence-electron chi connectivity index (χ1n) is 4.14. The van der Waals surface area contributed by atoms with E-state index in [0.717, 1.165) is 10.9 Å². The van der Waals surface area contributed by atoms with Gasteiger partial charge in [0.05, 0.1) is 0 Å². The summed E-state index contributed by atoms with van der Waals surface area (Å²) in [7, 11) is 0. The van der Waals surface area contributed by atoms with E-state index in [9.17, 15) is 8.78 Å². The average molecular weight is 257 g/mol. The molecule has 0 aliphatic carbocycles. The summed E-state index contributed by atoms with van der Waals surface area (Å²) in [5.41, 5.74) is 1.04. The molecule has 0 nitrogen and oxygen atoms in total. The summed E-state index contributed by atoms with van der Waals surface area (Å²) in [5.74, 6) is -1.60. The van der Waals surface area contributed by atoms with Crippen LogP contribution in [-0.2, 0) is 5.33 Å². The molecule has 2 aromatic carbocycles. The highest BCUT2D eigenvalue weighted by Gasteiger charge is 2.03. The van der Waals surface area contributed by atoms with Crippen molar-refractivity contribution in [3.8, 4) is 0 Å². The maximum Gasteiger partial charge on any atom is 0.159 e. The number of hydrogen-bond donors (Lipinski definition) is 0. The Hall–Kier alpha value is -0.960. The van der Waals surface area contributed by atoms with E-state index in [1.54, 1.807) is 6.07 Å². The van der Waals surface area contributed by atoms with Crippen molar-refractivity contribution in [1.29, 1.82) is 0 Å². The molecule has 0 atom stereocenters. The predicted molar refractivity (Wildman–Crippen MR) is 56.5 cm³/mol. The Morgan fingerprint density at radius 1 is 0.929 bits per heavy atom. The number of rotatable bonds is 1. The fourth-order valence-electron chi connectivity index (χ4n) is 1.37. The number of alkyl halides is 1. The van der Waals surface area contributed by atoms with Crippen molar-refractivity contribution < 1.29 is 8.78 Å². The highest BCUT2D eigenvalue weighted by atomic mass is 79.9. The van der Waals surface area contributed by atoms with Gasteiger partial charge in [-0.05, 0) is 28.5 Å². The number of fused-ring (bicyclic) bond motifs is 1. The van der Waals surface area contributed by atoms with Crippen LogP contribution in [-0.4, -0.2) is 0 Å². The normalized spacial score (nSPS) is 10.8. The molecule has 0 spiro atoms. The average Bonchev–Trinajstić information content (AvgIpc) is 2.19. The van der Waals surface area contributed by atoms with Crippen LogP contribution in [0.2, 0.25) is 0 Å². The minimum atomic E-state index is -0.802. The Kier molecular flexibility index (Phi) is 2.50. The van der Waals surface area contributed by atoms with Gasteiger partial charge in [0, 0.05) is 5.33 Å². The fourth-order valence-corrected chi connectivity index (χ4v) is 1.72. The predicted octanol–water partition coefficient (Wildman–Crippen LogP) is 4.01. The maximum absolute atomic E-state index is 12.9. The maximum atomic E-state index is 12.9. The molecule has 0 fully saturated rings. The molecule has 0 aliphatic heterocycles. The van der Waals surface area contributed by atoms with Crippen LogP contribution in [0, 0.1) is 11.6 Å². The second-order valence-corrected chi connectivity index (χ2v) is 3.64. The molecule has 3 heteroatoms. The van der Waals surface area contributed by atoms with E-state index < -0.39 is 11.6 Å². The third-order valence-corrected chi connectivity index (χ3v) is 2.75. The van der Waals surface area contributed by atoms with Gasteiger partial charge in [0.25, 0.3) is 0 Å². The summed E-state index contributed by atoms with van der Waals surface area (Å²) in [6, 6.07) is 7.94. The van der Waals surface area contributed by atoms with Gasteiger partial charge in [0.2, 0.25) is 0 Å². The molecule has 2 aromatic rings. The fraction of sp³-hybridized carbons (Fsp3) is 0.0909. The second-order valence-electron chi connectivity index (χ2n) is 3.08. The van der Waals surface area contributed by atoms with E-state index in [1.807, 2.05) is 12.1 Å². The second kappa shape index (κ2) is 3.65. The monoisotopic (exact) mass is 256 g/mol. The number of benzene rings is 2. The first-order chi connectivity index (χ1) is 6.70. The van der Waals surface area contributed by atoms with Gasteiger partial charge < -0.3 is 0 Å². The zero-order valence-electron chi connectivity index (χ0n) is 7.23. The van der Waals surface area contributed by atoms with Crippen molar-refractivity contribution in [2.45, 2.75) is 5.33 Å². The summed E-state index contributed by atoms with van der Waals surface area (Å²) in [6.45, 7) is 0. The first-order valence-corrected chi connectivity index (χ1v) is 5.26. The van der Waals surface area contributed by atoms with Crippen molar-refractivity contribution in [2.24, 2.45) is 0 Å². The van der Waals surface area contributed by atoms with Gasteiger partial charge in [-0.1, -0.05) is 34.1 Å². The van der Waals surface area contributed by atoms with Crippen LogP contribution in [0.5, 0.6) is 0 Å². The third kappa shape index (κ3) is 1.64. The minimum Gasteiger partial charge on any atom is -0.204 e. The van der Waals surface area contributed by atoms with Gasteiger partial charge in [-0.3, -0.25) is 0 Å². The summed E-state index contributed by atoms with van der Waals surface area (Å²) >= 11 is 3.31. The van der Waals surface area contributed by atoms with Gasteiger partial charge in [0.15, 0.2) is 11.6 Å². The van der Waals surface area contributed by atoms with Crippen LogP contribution in [0.4, 0.5) is 8.78 Å². The van der Waals surface area contributed by atoms with Crippen molar-refractivity contribution in [3.05, 3.63) is 47.5 Å². The quantitative estimate of drug-likeness (QED) is 0.677. The molecule has 14 heavy (non-hydrogen) atoms. The van der Waals surface area contributed by atoms with Gasteiger partial charge >= 0.3 is 0 Å². The molecule has 0 unspecified atom stereocenters. The highest BCUT2D eigenvalue weighted by molar-refractivity contribution is 9.08. The topological polar surface area (TPSA) is 0 Å². The molecule has 0 amide bonds. The van der Waals surface area contributed by atoms with Crippen molar-refractivity contribution in [3.63, 3.8) is 0 Å². The standard InChI is InChI=1S/C11H7BrF2/c12-6-7-1-2-8-4-10(13)11(14)5-9(8)3-7/h1-5H,6H2. The summed E-state index contributed by atoms with van der Waals surface area (Å²) < 4.78 is 25.7. The minimum absolute atomic E-state index is 0.710.